The van der Waals surface area contributed by atoms with Crippen molar-refractivity contribution in [3.05, 3.63) is 78.7 Å². The number of pyridine rings is 1. The molecular formula is C22H16N4O. The van der Waals surface area contributed by atoms with Crippen molar-refractivity contribution in [3.8, 4) is 33.8 Å². The zero-order chi connectivity index (χ0) is 18.2. The number of rotatable bonds is 3. The highest BCUT2D eigenvalue weighted by molar-refractivity contribution is 5.85. The van der Waals surface area contributed by atoms with E-state index in [0.29, 0.717) is 11.5 Å². The van der Waals surface area contributed by atoms with E-state index in [1.807, 2.05) is 61.7 Å². The number of fused-ring (bicyclic) bond motifs is 1. The van der Waals surface area contributed by atoms with Gasteiger partial charge in [0.25, 0.3) is 0 Å². The Hall–Kier alpha value is -3.73. The minimum atomic E-state index is 0.671. The normalized spacial score (nSPS) is 11.1. The van der Waals surface area contributed by atoms with Crippen molar-refractivity contribution < 1.29 is 4.52 Å². The third kappa shape index (κ3) is 2.69. The molecule has 0 aliphatic rings. The van der Waals surface area contributed by atoms with Crippen LogP contribution in [0.25, 0.3) is 44.9 Å². The summed E-state index contributed by atoms with van der Waals surface area (Å²) in [5, 5.41) is 4.24. The monoisotopic (exact) mass is 352 g/mol. The molecule has 0 aliphatic heterocycles. The van der Waals surface area contributed by atoms with Crippen molar-refractivity contribution in [3.63, 3.8) is 0 Å². The Bertz CT molecular complexity index is 1220. The second kappa shape index (κ2) is 6.21. The molecule has 5 aromatic rings. The SMILES string of the molecule is Cc1onc(-c2ccccc2)c1-c1nc2ncc(-c3ccccc3)cc2[nH]1. The molecule has 0 spiro atoms. The van der Waals surface area contributed by atoms with Crippen LogP contribution in [-0.2, 0) is 0 Å². The number of H-pyrrole nitrogens is 1. The number of nitrogens with one attached hydrogen (secondary N) is 1. The van der Waals surface area contributed by atoms with Gasteiger partial charge in [0.05, 0.1) is 11.1 Å². The first-order valence-electron chi connectivity index (χ1n) is 8.73. The average Bonchev–Trinajstić information content (AvgIpc) is 3.31. The fourth-order valence-corrected chi connectivity index (χ4v) is 3.25. The van der Waals surface area contributed by atoms with Gasteiger partial charge in [0.1, 0.15) is 17.3 Å². The van der Waals surface area contributed by atoms with Gasteiger partial charge in [-0.25, -0.2) is 9.97 Å². The van der Waals surface area contributed by atoms with Crippen LogP contribution < -0.4 is 0 Å². The zero-order valence-electron chi connectivity index (χ0n) is 14.7. The highest BCUT2D eigenvalue weighted by atomic mass is 16.5. The highest BCUT2D eigenvalue weighted by Gasteiger charge is 2.20. The number of imidazole rings is 1. The summed E-state index contributed by atoms with van der Waals surface area (Å²) < 4.78 is 5.46. The molecule has 0 atom stereocenters. The van der Waals surface area contributed by atoms with Gasteiger partial charge in [-0.05, 0) is 18.6 Å². The van der Waals surface area contributed by atoms with Gasteiger partial charge < -0.3 is 9.51 Å². The van der Waals surface area contributed by atoms with Crippen LogP contribution in [0, 0.1) is 6.92 Å². The molecule has 0 fully saturated rings. The Balaban J connectivity index is 1.64. The first-order valence-corrected chi connectivity index (χ1v) is 8.73. The van der Waals surface area contributed by atoms with Crippen molar-refractivity contribution in [1.82, 2.24) is 20.1 Å². The minimum Gasteiger partial charge on any atom is -0.360 e. The van der Waals surface area contributed by atoms with Crippen LogP contribution in [0.3, 0.4) is 0 Å². The lowest BCUT2D eigenvalue weighted by atomic mass is 10.1. The van der Waals surface area contributed by atoms with Crippen molar-refractivity contribution >= 4 is 11.2 Å². The molecule has 3 aromatic heterocycles. The van der Waals surface area contributed by atoms with Gasteiger partial charge in [-0.2, -0.15) is 0 Å². The van der Waals surface area contributed by atoms with Crippen LogP contribution in [0.2, 0.25) is 0 Å². The molecule has 5 rings (SSSR count). The molecule has 130 valence electrons. The number of aryl methyl sites for hydroxylation is 1. The molecule has 0 aliphatic carbocycles. The van der Waals surface area contributed by atoms with Gasteiger partial charge >= 0.3 is 0 Å². The average molecular weight is 352 g/mol. The summed E-state index contributed by atoms with van der Waals surface area (Å²) >= 11 is 0. The molecule has 3 heterocycles. The summed E-state index contributed by atoms with van der Waals surface area (Å²) in [5.41, 5.74) is 6.34. The van der Waals surface area contributed by atoms with Gasteiger partial charge in [-0.15, -0.1) is 0 Å². The van der Waals surface area contributed by atoms with Gasteiger partial charge in [0.15, 0.2) is 5.65 Å². The van der Waals surface area contributed by atoms with Crippen LogP contribution in [0.5, 0.6) is 0 Å². The molecule has 0 radical (unpaired) electrons. The van der Waals surface area contributed by atoms with Crippen LogP contribution in [0.1, 0.15) is 5.76 Å². The number of aromatic amines is 1. The van der Waals surface area contributed by atoms with E-state index in [4.69, 9.17) is 4.52 Å². The Morgan fingerprint density at radius 2 is 1.56 bits per heavy atom. The number of nitrogens with zero attached hydrogens (tertiary/aromatic N) is 3. The smallest absolute Gasteiger partial charge is 0.178 e. The summed E-state index contributed by atoms with van der Waals surface area (Å²) in [7, 11) is 0. The van der Waals surface area contributed by atoms with E-state index in [2.05, 4.69) is 38.3 Å². The van der Waals surface area contributed by atoms with Gasteiger partial charge in [0, 0.05) is 17.3 Å². The highest BCUT2D eigenvalue weighted by Crippen LogP contribution is 2.33. The molecule has 5 nitrogen and oxygen atoms in total. The fraction of sp³-hybridized carbons (Fsp3) is 0.0455. The fourth-order valence-electron chi connectivity index (χ4n) is 3.25. The number of aromatic nitrogens is 4. The van der Waals surface area contributed by atoms with Gasteiger partial charge in [0.2, 0.25) is 0 Å². The van der Waals surface area contributed by atoms with E-state index in [1.54, 1.807) is 0 Å². The van der Waals surface area contributed by atoms with Crippen LogP contribution in [0.4, 0.5) is 0 Å². The van der Waals surface area contributed by atoms with E-state index in [0.717, 1.165) is 39.2 Å². The summed E-state index contributed by atoms with van der Waals surface area (Å²) in [6.45, 7) is 1.89. The Morgan fingerprint density at radius 3 is 2.30 bits per heavy atom. The molecule has 0 unspecified atom stereocenters. The molecular weight excluding hydrogens is 336 g/mol. The van der Waals surface area contributed by atoms with Crippen molar-refractivity contribution in [2.24, 2.45) is 0 Å². The van der Waals surface area contributed by atoms with Crippen LogP contribution in [-0.4, -0.2) is 20.1 Å². The molecule has 1 N–H and O–H groups in total. The van der Waals surface area contributed by atoms with E-state index < -0.39 is 0 Å². The van der Waals surface area contributed by atoms with Crippen molar-refractivity contribution in [2.45, 2.75) is 6.92 Å². The van der Waals surface area contributed by atoms with Gasteiger partial charge in [-0.3, -0.25) is 0 Å². The molecule has 0 amide bonds. The maximum Gasteiger partial charge on any atom is 0.178 e. The molecule has 0 bridgehead atoms. The summed E-state index contributed by atoms with van der Waals surface area (Å²) in [6.07, 6.45) is 1.85. The van der Waals surface area contributed by atoms with E-state index >= 15 is 0 Å². The maximum absolute atomic E-state index is 5.46. The molecule has 5 heteroatoms. The van der Waals surface area contributed by atoms with Crippen molar-refractivity contribution in [2.75, 3.05) is 0 Å². The summed E-state index contributed by atoms with van der Waals surface area (Å²) in [4.78, 5) is 12.6. The lowest BCUT2D eigenvalue weighted by molar-refractivity contribution is 0.400. The van der Waals surface area contributed by atoms with E-state index in [1.165, 1.54) is 0 Å². The molecule has 0 saturated heterocycles. The summed E-state index contributed by atoms with van der Waals surface area (Å²) in [6, 6.07) is 22.2. The largest absolute Gasteiger partial charge is 0.360 e. The number of hydrogen-bond acceptors (Lipinski definition) is 4. The lowest BCUT2D eigenvalue weighted by Crippen LogP contribution is -1.86. The Labute approximate surface area is 155 Å². The third-order valence-corrected chi connectivity index (χ3v) is 4.59. The molecule has 2 aromatic carbocycles. The summed E-state index contributed by atoms with van der Waals surface area (Å²) in [5.74, 6) is 1.43. The predicted octanol–water partition coefficient (Wildman–Crippen LogP) is 5.26. The topological polar surface area (TPSA) is 67.6 Å². The minimum absolute atomic E-state index is 0.671. The maximum atomic E-state index is 5.46. The lowest BCUT2D eigenvalue weighted by Gasteiger charge is -2.00. The standard InChI is InChI=1S/C22H16N4O/c1-14-19(20(26-27-14)16-10-6-3-7-11-16)22-24-18-12-17(13-23-21(18)25-22)15-8-4-2-5-9-15/h2-13H,1H3,(H,23,24,25). The molecule has 27 heavy (non-hydrogen) atoms. The Kier molecular flexibility index (Phi) is 3.57. The van der Waals surface area contributed by atoms with Crippen molar-refractivity contribution in [1.29, 1.82) is 0 Å². The first kappa shape index (κ1) is 15.5. The first-order chi connectivity index (χ1) is 13.3. The predicted molar refractivity (Wildman–Crippen MR) is 105 cm³/mol. The van der Waals surface area contributed by atoms with Gasteiger partial charge in [-0.1, -0.05) is 65.8 Å². The third-order valence-electron chi connectivity index (χ3n) is 4.59. The zero-order valence-corrected chi connectivity index (χ0v) is 14.7. The van der Waals surface area contributed by atoms with E-state index in [9.17, 15) is 0 Å². The van der Waals surface area contributed by atoms with Crippen LogP contribution >= 0.6 is 0 Å². The quantitative estimate of drug-likeness (QED) is 0.481. The second-order valence-corrected chi connectivity index (χ2v) is 6.37. The van der Waals surface area contributed by atoms with Crippen LogP contribution in [0.15, 0.2) is 77.4 Å². The number of hydrogen-bond donors (Lipinski definition) is 1. The second-order valence-electron chi connectivity index (χ2n) is 6.37. The Morgan fingerprint density at radius 1 is 0.852 bits per heavy atom. The molecule has 0 saturated carbocycles. The van der Waals surface area contributed by atoms with E-state index in [-0.39, 0.29) is 0 Å². The number of benzene rings is 2.